The fraction of sp³-hybridized carbons (Fsp3) is 0.286. The highest BCUT2D eigenvalue weighted by Gasteiger charge is 2.26. The van der Waals surface area contributed by atoms with Gasteiger partial charge in [0.25, 0.3) is 10.1 Å². The van der Waals surface area contributed by atoms with Crippen molar-refractivity contribution < 1.29 is 22.1 Å². The number of hydrogen-bond donors (Lipinski definition) is 0. The Bertz CT molecular complexity index is 1110. The van der Waals surface area contributed by atoms with Crippen LogP contribution in [0.4, 0.5) is 0 Å². The normalized spacial score (nSPS) is 16.3. The van der Waals surface area contributed by atoms with Crippen molar-refractivity contribution in [3.05, 3.63) is 59.8 Å². The fourth-order valence-electron chi connectivity index (χ4n) is 3.04. The predicted octanol–water partition coefficient (Wildman–Crippen LogP) is 3.65. The molecule has 0 bridgehead atoms. The van der Waals surface area contributed by atoms with Gasteiger partial charge in [-0.2, -0.15) is 8.42 Å². The minimum atomic E-state index is -3.85. The van der Waals surface area contributed by atoms with Gasteiger partial charge < -0.3 is 9.47 Å². The number of pyridine rings is 1. The van der Waals surface area contributed by atoms with Crippen molar-refractivity contribution >= 4 is 21.0 Å². The van der Waals surface area contributed by atoms with E-state index in [0.717, 1.165) is 28.6 Å². The van der Waals surface area contributed by atoms with Gasteiger partial charge in [-0.05, 0) is 49.7 Å². The van der Waals surface area contributed by atoms with E-state index >= 15 is 0 Å². The number of aryl methyl sites for hydroxylation is 2. The van der Waals surface area contributed by atoms with E-state index in [-0.39, 0.29) is 18.1 Å². The Morgan fingerprint density at radius 2 is 1.89 bits per heavy atom. The molecule has 0 N–H and O–H groups in total. The van der Waals surface area contributed by atoms with Crippen LogP contribution in [0, 0.1) is 6.92 Å². The molecule has 2 aromatic carbocycles. The lowest BCUT2D eigenvalue weighted by atomic mass is 10.1. The summed E-state index contributed by atoms with van der Waals surface area (Å²) in [4.78, 5) is 4.72. The van der Waals surface area contributed by atoms with Crippen LogP contribution in [0.1, 0.15) is 18.2 Å². The molecule has 0 amide bonds. The van der Waals surface area contributed by atoms with Gasteiger partial charge in [0.15, 0.2) is 17.6 Å². The van der Waals surface area contributed by atoms with Gasteiger partial charge in [-0.1, -0.05) is 24.6 Å². The van der Waals surface area contributed by atoms with Gasteiger partial charge in [-0.15, -0.1) is 0 Å². The zero-order valence-corrected chi connectivity index (χ0v) is 16.5. The zero-order chi connectivity index (χ0) is 19.7. The lowest BCUT2D eigenvalue weighted by molar-refractivity contribution is 0.0571. The topological polar surface area (TPSA) is 74.7 Å². The van der Waals surface area contributed by atoms with Crippen molar-refractivity contribution in [1.29, 1.82) is 0 Å². The Kier molecular flexibility index (Phi) is 4.95. The summed E-state index contributed by atoms with van der Waals surface area (Å²) in [6.07, 6.45) is 0.307. The molecular weight excluding hydrogens is 378 g/mol. The highest BCUT2D eigenvalue weighted by molar-refractivity contribution is 7.86. The molecule has 3 aromatic rings. The minimum Gasteiger partial charge on any atom is -0.486 e. The Morgan fingerprint density at radius 3 is 2.64 bits per heavy atom. The van der Waals surface area contributed by atoms with E-state index in [1.807, 2.05) is 38.1 Å². The second-order valence-corrected chi connectivity index (χ2v) is 8.33. The molecule has 0 spiro atoms. The first-order valence-corrected chi connectivity index (χ1v) is 10.6. The Balaban J connectivity index is 1.52. The third kappa shape index (κ3) is 3.68. The van der Waals surface area contributed by atoms with Crippen LogP contribution in [0.15, 0.2) is 53.4 Å². The number of rotatable bonds is 5. The summed E-state index contributed by atoms with van der Waals surface area (Å²) >= 11 is 0. The first-order valence-electron chi connectivity index (χ1n) is 9.14. The molecule has 0 unspecified atom stereocenters. The van der Waals surface area contributed by atoms with Gasteiger partial charge in [0.2, 0.25) is 0 Å². The van der Waals surface area contributed by atoms with Crippen LogP contribution in [-0.2, 0) is 20.7 Å². The Morgan fingerprint density at radius 1 is 1.11 bits per heavy atom. The first-order chi connectivity index (χ1) is 13.5. The molecule has 1 atom stereocenters. The molecule has 7 heteroatoms. The number of hydrogen-bond acceptors (Lipinski definition) is 6. The van der Waals surface area contributed by atoms with Crippen LogP contribution in [0.3, 0.4) is 0 Å². The van der Waals surface area contributed by atoms with Crippen molar-refractivity contribution in [3.8, 4) is 11.5 Å². The van der Waals surface area contributed by atoms with E-state index in [9.17, 15) is 8.42 Å². The van der Waals surface area contributed by atoms with Crippen molar-refractivity contribution in [3.63, 3.8) is 0 Å². The monoisotopic (exact) mass is 399 g/mol. The lowest BCUT2D eigenvalue weighted by Gasteiger charge is -2.27. The van der Waals surface area contributed by atoms with Gasteiger partial charge in [-0.3, -0.25) is 9.17 Å². The van der Waals surface area contributed by atoms with E-state index in [0.29, 0.717) is 11.5 Å². The summed E-state index contributed by atoms with van der Waals surface area (Å²) in [6, 6.07) is 14.2. The maximum absolute atomic E-state index is 12.4. The van der Waals surface area contributed by atoms with Gasteiger partial charge in [0.1, 0.15) is 13.2 Å². The molecule has 0 fully saturated rings. The maximum atomic E-state index is 12.4. The van der Waals surface area contributed by atoms with Crippen LogP contribution >= 0.6 is 0 Å². The molecule has 6 nitrogen and oxygen atoms in total. The Labute approximate surface area is 164 Å². The summed E-state index contributed by atoms with van der Waals surface area (Å²) in [6.45, 7) is 4.02. The van der Waals surface area contributed by atoms with Crippen LogP contribution < -0.4 is 9.47 Å². The standard InChI is InChI=1S/C21H21NO5S/c1-3-15-6-9-18-19(22-15)10-11-20-21(18)27-16(12-25-20)13-26-28(23,24)17-7-4-14(2)5-8-17/h4-11,16H,3,12-13H2,1-2H3/t16-/m1/s1. The average Bonchev–Trinajstić information content (AvgIpc) is 2.72. The molecule has 1 aromatic heterocycles. The summed E-state index contributed by atoms with van der Waals surface area (Å²) in [5.41, 5.74) is 2.79. The number of fused-ring (bicyclic) bond motifs is 3. The van der Waals surface area contributed by atoms with Crippen molar-refractivity contribution in [2.45, 2.75) is 31.3 Å². The predicted molar refractivity (Wildman–Crippen MR) is 105 cm³/mol. The molecule has 0 radical (unpaired) electrons. The summed E-state index contributed by atoms with van der Waals surface area (Å²) in [5.74, 6) is 1.19. The highest BCUT2D eigenvalue weighted by atomic mass is 32.2. The van der Waals surface area contributed by atoms with Crippen LogP contribution in [0.5, 0.6) is 11.5 Å². The van der Waals surface area contributed by atoms with E-state index in [1.54, 1.807) is 12.1 Å². The maximum Gasteiger partial charge on any atom is 0.297 e. The van der Waals surface area contributed by atoms with Crippen molar-refractivity contribution in [2.24, 2.45) is 0 Å². The third-order valence-electron chi connectivity index (χ3n) is 4.63. The molecule has 28 heavy (non-hydrogen) atoms. The Hall–Kier alpha value is -2.64. The molecular formula is C21H21NO5S. The van der Waals surface area contributed by atoms with Crippen molar-refractivity contribution in [1.82, 2.24) is 4.98 Å². The summed E-state index contributed by atoms with van der Waals surface area (Å²) in [7, 11) is -3.85. The highest BCUT2D eigenvalue weighted by Crippen LogP contribution is 2.38. The number of nitrogens with zero attached hydrogens (tertiary/aromatic N) is 1. The van der Waals surface area contributed by atoms with E-state index in [1.165, 1.54) is 12.1 Å². The molecule has 146 valence electrons. The molecule has 1 aliphatic heterocycles. The fourth-order valence-corrected chi connectivity index (χ4v) is 3.97. The number of ether oxygens (including phenoxy) is 2. The molecule has 0 saturated heterocycles. The molecule has 0 aliphatic carbocycles. The SMILES string of the molecule is CCc1ccc2c3c(ccc2n1)OC[C@H](COS(=O)(=O)c1ccc(C)cc1)O3. The minimum absolute atomic E-state index is 0.122. The quantitative estimate of drug-likeness (QED) is 0.610. The van der Waals surface area contributed by atoms with Gasteiger partial charge in [-0.25, -0.2) is 0 Å². The molecule has 1 aliphatic rings. The third-order valence-corrected chi connectivity index (χ3v) is 5.93. The van der Waals surface area contributed by atoms with Gasteiger partial charge >= 0.3 is 0 Å². The number of benzene rings is 2. The second-order valence-electron chi connectivity index (χ2n) is 6.72. The molecule has 2 heterocycles. The van der Waals surface area contributed by atoms with Gasteiger partial charge in [0, 0.05) is 11.1 Å². The summed E-state index contributed by atoms with van der Waals surface area (Å²) in [5, 5.41) is 0.834. The zero-order valence-electron chi connectivity index (χ0n) is 15.7. The second kappa shape index (κ2) is 7.41. The average molecular weight is 399 g/mol. The van der Waals surface area contributed by atoms with Crippen LogP contribution in [0.25, 0.3) is 10.9 Å². The summed E-state index contributed by atoms with van der Waals surface area (Å²) < 4.78 is 41.8. The van der Waals surface area contributed by atoms with Crippen LogP contribution in [-0.4, -0.2) is 32.7 Å². The smallest absolute Gasteiger partial charge is 0.297 e. The first kappa shape index (κ1) is 18.7. The number of aromatic nitrogens is 1. The van der Waals surface area contributed by atoms with Gasteiger partial charge in [0.05, 0.1) is 10.4 Å². The molecule has 0 saturated carbocycles. The van der Waals surface area contributed by atoms with E-state index < -0.39 is 16.2 Å². The van der Waals surface area contributed by atoms with Crippen LogP contribution in [0.2, 0.25) is 0 Å². The largest absolute Gasteiger partial charge is 0.486 e. The lowest BCUT2D eigenvalue weighted by Crippen LogP contribution is -2.34. The van der Waals surface area contributed by atoms with E-state index in [2.05, 4.69) is 4.98 Å². The van der Waals surface area contributed by atoms with Crippen molar-refractivity contribution in [2.75, 3.05) is 13.2 Å². The molecule has 4 rings (SSSR count). The van der Waals surface area contributed by atoms with E-state index in [4.69, 9.17) is 13.7 Å².